The van der Waals surface area contributed by atoms with E-state index in [0.717, 1.165) is 36.6 Å². The third kappa shape index (κ3) is 3.78. The molecule has 2 aliphatic heterocycles. The molecule has 1 unspecified atom stereocenters. The fraction of sp³-hybridized carbons (Fsp3) is 0.524. The van der Waals surface area contributed by atoms with E-state index in [4.69, 9.17) is 5.10 Å². The number of amides is 1. The van der Waals surface area contributed by atoms with Crippen molar-refractivity contribution >= 4 is 17.7 Å². The first-order valence-corrected chi connectivity index (χ1v) is 10.9. The summed E-state index contributed by atoms with van der Waals surface area (Å²) < 4.78 is 2.01. The van der Waals surface area contributed by atoms with Gasteiger partial charge in [-0.05, 0) is 64.9 Å². The van der Waals surface area contributed by atoms with Gasteiger partial charge in [-0.25, -0.2) is 4.68 Å². The minimum absolute atomic E-state index is 0.0912. The topological polar surface area (TPSA) is 41.4 Å². The zero-order chi connectivity index (χ0) is 18.8. The monoisotopic (exact) mass is 384 g/mol. The first kappa shape index (κ1) is 18.6. The molecule has 0 aliphatic carbocycles. The Kier molecular flexibility index (Phi) is 5.55. The van der Waals surface area contributed by atoms with Crippen molar-refractivity contribution in [3.8, 4) is 5.69 Å². The number of hydrogen-bond acceptors (Lipinski definition) is 4. The lowest BCUT2D eigenvalue weighted by molar-refractivity contribution is -0.128. The lowest BCUT2D eigenvalue weighted by Crippen LogP contribution is -2.32. The molecule has 0 bridgehead atoms. The van der Waals surface area contributed by atoms with Crippen molar-refractivity contribution < 1.29 is 4.79 Å². The number of rotatable bonds is 6. The molecule has 4 rings (SSSR count). The Morgan fingerprint density at radius 1 is 1.11 bits per heavy atom. The zero-order valence-electron chi connectivity index (χ0n) is 16.2. The van der Waals surface area contributed by atoms with Crippen LogP contribution in [-0.4, -0.2) is 57.4 Å². The van der Waals surface area contributed by atoms with Crippen molar-refractivity contribution in [2.45, 2.75) is 38.5 Å². The van der Waals surface area contributed by atoms with E-state index in [9.17, 15) is 4.79 Å². The molecule has 1 aromatic carbocycles. The van der Waals surface area contributed by atoms with E-state index in [2.05, 4.69) is 35.8 Å². The molecule has 3 heterocycles. The van der Waals surface area contributed by atoms with Gasteiger partial charge in [-0.3, -0.25) is 4.79 Å². The van der Waals surface area contributed by atoms with Crippen LogP contribution in [0.5, 0.6) is 0 Å². The van der Waals surface area contributed by atoms with Crippen LogP contribution in [0.4, 0.5) is 0 Å². The number of nitrogens with zero attached hydrogens (tertiary/aromatic N) is 4. The van der Waals surface area contributed by atoms with Crippen LogP contribution >= 0.6 is 11.8 Å². The summed E-state index contributed by atoms with van der Waals surface area (Å²) in [5.74, 6) is 0.835. The van der Waals surface area contributed by atoms with Crippen LogP contribution in [0.1, 0.15) is 41.6 Å². The van der Waals surface area contributed by atoms with E-state index < -0.39 is 0 Å². The number of benzene rings is 1. The minimum atomic E-state index is 0.0912. The van der Waals surface area contributed by atoms with Gasteiger partial charge >= 0.3 is 0 Å². The number of carbonyl (C=O) groups excluding carboxylic acids is 1. The Hall–Kier alpha value is -1.79. The standard InChI is InChI=1S/C21H28N4OS/c1-16-20(17(2)25(22-16)18-9-4-3-5-10-18)21-24(19(26)15-27-21)14-8-13-23-11-6-7-12-23/h3-5,9-10,21H,6-8,11-15H2,1-2H3. The van der Waals surface area contributed by atoms with Crippen molar-refractivity contribution in [2.75, 3.05) is 31.9 Å². The number of para-hydroxylation sites is 1. The van der Waals surface area contributed by atoms with Crippen molar-refractivity contribution in [1.29, 1.82) is 0 Å². The van der Waals surface area contributed by atoms with Crippen molar-refractivity contribution in [3.05, 3.63) is 47.3 Å². The smallest absolute Gasteiger partial charge is 0.233 e. The maximum absolute atomic E-state index is 12.5. The molecule has 5 nitrogen and oxygen atoms in total. The quantitative estimate of drug-likeness (QED) is 0.764. The lowest BCUT2D eigenvalue weighted by atomic mass is 10.1. The number of aryl methyl sites for hydroxylation is 1. The van der Waals surface area contributed by atoms with Crippen molar-refractivity contribution in [3.63, 3.8) is 0 Å². The van der Waals surface area contributed by atoms with Gasteiger partial charge in [0.2, 0.25) is 5.91 Å². The first-order chi connectivity index (χ1) is 13.1. The molecule has 1 amide bonds. The van der Waals surface area contributed by atoms with E-state index in [1.165, 1.54) is 31.5 Å². The zero-order valence-corrected chi connectivity index (χ0v) is 17.0. The van der Waals surface area contributed by atoms with Crippen molar-refractivity contribution in [1.82, 2.24) is 19.6 Å². The van der Waals surface area contributed by atoms with Crippen LogP contribution in [-0.2, 0) is 4.79 Å². The second-order valence-corrected chi connectivity index (χ2v) is 8.55. The summed E-state index contributed by atoms with van der Waals surface area (Å²) in [5.41, 5.74) is 4.43. The predicted octanol–water partition coefficient (Wildman–Crippen LogP) is 3.55. The number of likely N-dealkylation sites (tertiary alicyclic amines) is 1. The minimum Gasteiger partial charge on any atom is -0.326 e. The van der Waals surface area contributed by atoms with Crippen LogP contribution in [0, 0.1) is 13.8 Å². The second kappa shape index (κ2) is 8.07. The fourth-order valence-corrected chi connectivity index (χ4v) is 5.62. The highest BCUT2D eigenvalue weighted by atomic mass is 32.2. The predicted molar refractivity (Wildman–Crippen MR) is 110 cm³/mol. The molecular weight excluding hydrogens is 356 g/mol. The highest BCUT2D eigenvalue weighted by molar-refractivity contribution is 8.00. The maximum atomic E-state index is 12.5. The Balaban J connectivity index is 1.52. The average molecular weight is 385 g/mol. The molecule has 0 saturated carbocycles. The fourth-order valence-electron chi connectivity index (χ4n) is 4.24. The van der Waals surface area contributed by atoms with Gasteiger partial charge in [-0.15, -0.1) is 11.8 Å². The van der Waals surface area contributed by atoms with Gasteiger partial charge in [0.1, 0.15) is 5.37 Å². The summed E-state index contributed by atoms with van der Waals surface area (Å²) in [7, 11) is 0. The molecule has 2 aliphatic rings. The van der Waals surface area contributed by atoms with Crippen molar-refractivity contribution in [2.24, 2.45) is 0 Å². The third-order valence-corrected chi connectivity index (χ3v) is 6.85. The molecule has 2 fully saturated rings. The summed E-state index contributed by atoms with van der Waals surface area (Å²) in [6.45, 7) is 8.55. The summed E-state index contributed by atoms with van der Waals surface area (Å²) in [4.78, 5) is 17.1. The molecule has 27 heavy (non-hydrogen) atoms. The largest absolute Gasteiger partial charge is 0.326 e. The number of aromatic nitrogens is 2. The summed E-state index contributed by atoms with van der Waals surface area (Å²) in [6.07, 6.45) is 3.68. The Morgan fingerprint density at radius 2 is 1.85 bits per heavy atom. The van der Waals surface area contributed by atoms with Gasteiger partial charge in [0.25, 0.3) is 0 Å². The van der Waals surface area contributed by atoms with Crippen LogP contribution in [0.15, 0.2) is 30.3 Å². The van der Waals surface area contributed by atoms with Gasteiger partial charge in [-0.2, -0.15) is 5.10 Å². The molecule has 1 aromatic heterocycles. The molecule has 0 N–H and O–H groups in total. The van der Waals surface area contributed by atoms with Crippen LogP contribution in [0.25, 0.3) is 5.69 Å². The highest BCUT2D eigenvalue weighted by Gasteiger charge is 2.36. The molecule has 144 valence electrons. The second-order valence-electron chi connectivity index (χ2n) is 7.48. The normalized spacial score (nSPS) is 20.7. The van der Waals surface area contributed by atoms with Crippen LogP contribution < -0.4 is 0 Å². The number of carbonyl (C=O) groups is 1. The van der Waals surface area contributed by atoms with E-state index >= 15 is 0 Å². The van der Waals surface area contributed by atoms with E-state index in [1.807, 2.05) is 22.9 Å². The first-order valence-electron chi connectivity index (χ1n) is 9.90. The summed E-state index contributed by atoms with van der Waals surface area (Å²) in [5, 5.41) is 4.88. The molecular formula is C21H28N4OS. The Bertz CT molecular complexity index is 798. The number of thioether (sulfide) groups is 1. The van der Waals surface area contributed by atoms with Crippen LogP contribution in [0.2, 0.25) is 0 Å². The average Bonchev–Trinajstić information content (AvgIpc) is 3.38. The molecule has 1 atom stereocenters. The maximum Gasteiger partial charge on any atom is 0.233 e. The van der Waals surface area contributed by atoms with E-state index in [1.54, 1.807) is 11.8 Å². The van der Waals surface area contributed by atoms with Gasteiger partial charge in [0, 0.05) is 17.8 Å². The molecule has 2 aromatic rings. The SMILES string of the molecule is Cc1nn(-c2ccccc2)c(C)c1C1SCC(=O)N1CCCN1CCCC1. The highest BCUT2D eigenvalue weighted by Crippen LogP contribution is 2.41. The molecule has 0 spiro atoms. The van der Waals surface area contributed by atoms with Gasteiger partial charge in [-0.1, -0.05) is 18.2 Å². The third-order valence-electron chi connectivity index (χ3n) is 5.64. The number of hydrogen-bond donors (Lipinski definition) is 0. The van der Waals surface area contributed by atoms with Gasteiger partial charge in [0.15, 0.2) is 0 Å². The van der Waals surface area contributed by atoms with Crippen LogP contribution in [0.3, 0.4) is 0 Å². The Labute approximate surface area is 165 Å². The molecule has 6 heteroatoms. The summed E-state index contributed by atoms with van der Waals surface area (Å²) >= 11 is 1.74. The van der Waals surface area contributed by atoms with E-state index in [-0.39, 0.29) is 11.3 Å². The Morgan fingerprint density at radius 3 is 2.59 bits per heavy atom. The van der Waals surface area contributed by atoms with Gasteiger partial charge < -0.3 is 9.80 Å². The van der Waals surface area contributed by atoms with E-state index in [0.29, 0.717) is 5.75 Å². The lowest BCUT2D eigenvalue weighted by Gasteiger charge is -2.25. The molecule has 0 radical (unpaired) electrons. The molecule has 2 saturated heterocycles. The van der Waals surface area contributed by atoms with Gasteiger partial charge in [0.05, 0.1) is 17.1 Å². The summed E-state index contributed by atoms with van der Waals surface area (Å²) in [6, 6.07) is 10.2.